The highest BCUT2D eigenvalue weighted by molar-refractivity contribution is 5.86. The number of amides is 2. The van der Waals surface area contributed by atoms with E-state index in [0.717, 1.165) is 6.42 Å². The molecule has 0 aliphatic heterocycles. The first kappa shape index (κ1) is 31.9. The average molecular weight is 503 g/mol. The molecule has 0 saturated carbocycles. The Labute approximate surface area is 206 Å². The molecular formula is C23H38N2O10. The summed E-state index contributed by atoms with van der Waals surface area (Å²) in [6.07, 6.45) is 0.277. The van der Waals surface area contributed by atoms with Gasteiger partial charge in [-0.05, 0) is 38.0 Å². The number of carbonyl (C=O) groups is 4. The first-order valence-corrected chi connectivity index (χ1v) is 11.1. The van der Waals surface area contributed by atoms with Gasteiger partial charge in [0.15, 0.2) is 0 Å². The summed E-state index contributed by atoms with van der Waals surface area (Å²) in [5.74, 6) is -1.12. The molecule has 12 heteroatoms. The molecule has 1 unspecified atom stereocenters. The Bertz CT molecular complexity index is 736. The molecule has 0 fully saturated rings. The first-order valence-electron chi connectivity index (χ1n) is 11.1. The molecule has 0 aliphatic carbocycles. The molecule has 200 valence electrons. The molecular weight excluding hydrogens is 464 g/mol. The summed E-state index contributed by atoms with van der Waals surface area (Å²) < 4.78 is 9.87. The maximum Gasteiger partial charge on any atom is 0.407 e. The van der Waals surface area contributed by atoms with E-state index in [2.05, 4.69) is 43.3 Å². The van der Waals surface area contributed by atoms with Crippen molar-refractivity contribution in [2.45, 2.75) is 47.5 Å². The van der Waals surface area contributed by atoms with Gasteiger partial charge in [0.2, 0.25) is 0 Å². The van der Waals surface area contributed by atoms with Crippen molar-refractivity contribution in [3.05, 3.63) is 24.3 Å². The second-order valence-corrected chi connectivity index (χ2v) is 8.76. The Kier molecular flexibility index (Phi) is 15.8. The third-order valence-corrected chi connectivity index (χ3v) is 4.28. The molecule has 0 aromatic rings. The van der Waals surface area contributed by atoms with E-state index in [1.807, 2.05) is 20.8 Å². The molecule has 0 rings (SSSR count). The lowest BCUT2D eigenvalue weighted by Gasteiger charge is -2.28. The monoisotopic (exact) mass is 502 g/mol. The predicted octanol–water partition coefficient (Wildman–Crippen LogP) is 2.98. The van der Waals surface area contributed by atoms with Crippen LogP contribution in [0.5, 0.6) is 0 Å². The van der Waals surface area contributed by atoms with Crippen LogP contribution < -0.4 is 10.6 Å². The van der Waals surface area contributed by atoms with E-state index in [-0.39, 0.29) is 48.9 Å². The van der Waals surface area contributed by atoms with E-state index in [1.165, 1.54) is 13.8 Å². The van der Waals surface area contributed by atoms with Crippen molar-refractivity contribution < 1.29 is 48.2 Å². The molecule has 2 N–H and O–H groups in total. The zero-order valence-electron chi connectivity index (χ0n) is 21.2. The fourth-order valence-electron chi connectivity index (χ4n) is 2.62. The van der Waals surface area contributed by atoms with E-state index in [4.69, 9.17) is 9.47 Å². The summed E-state index contributed by atoms with van der Waals surface area (Å²) in [6, 6.07) is 0. The van der Waals surface area contributed by atoms with E-state index in [1.54, 1.807) is 0 Å². The number of hydrogen-bond acceptors (Lipinski definition) is 10. The maximum absolute atomic E-state index is 11.8. The molecule has 2 amide bonds. The van der Waals surface area contributed by atoms with Crippen LogP contribution in [-0.2, 0) is 38.6 Å². The van der Waals surface area contributed by atoms with Gasteiger partial charge in [-0.1, -0.05) is 33.9 Å². The Hall–Kier alpha value is -3.12. The predicted molar refractivity (Wildman–Crippen MR) is 125 cm³/mol. The number of rotatable bonds is 17. The van der Waals surface area contributed by atoms with Crippen molar-refractivity contribution in [3.8, 4) is 0 Å². The van der Waals surface area contributed by atoms with Crippen LogP contribution in [0.2, 0.25) is 0 Å². The summed E-state index contributed by atoms with van der Waals surface area (Å²) in [5, 5.41) is 5.33. The quantitative estimate of drug-likeness (QED) is 0.132. The van der Waals surface area contributed by atoms with Crippen molar-refractivity contribution in [2.75, 3.05) is 39.5 Å². The number of nitrogens with one attached hydrogen (secondary N) is 2. The Balaban J connectivity index is 3.91. The molecule has 1 atom stereocenters. The summed E-state index contributed by atoms with van der Waals surface area (Å²) >= 11 is 0. The topological polar surface area (TPSA) is 148 Å². The van der Waals surface area contributed by atoms with Crippen molar-refractivity contribution in [1.82, 2.24) is 10.6 Å². The fourth-order valence-corrected chi connectivity index (χ4v) is 2.62. The van der Waals surface area contributed by atoms with Crippen LogP contribution in [0.4, 0.5) is 9.59 Å². The molecule has 0 aromatic carbocycles. The fraction of sp³-hybridized carbons (Fsp3) is 0.652. The number of hydrogen-bond donors (Lipinski definition) is 2. The molecule has 0 heterocycles. The van der Waals surface area contributed by atoms with Gasteiger partial charge in [-0.25, -0.2) is 19.2 Å². The Morgan fingerprint density at radius 3 is 1.71 bits per heavy atom. The molecule has 0 aliphatic rings. The normalized spacial score (nSPS) is 11.6. The maximum atomic E-state index is 11.8. The SMILES string of the molecule is C=C(C)C(=O)OOCCOC(=O)NCCC(C)CC(C)(C)CNC(=O)OCCOOC(=O)C(=C)C. The lowest BCUT2D eigenvalue weighted by atomic mass is 9.82. The molecule has 35 heavy (non-hydrogen) atoms. The van der Waals surface area contributed by atoms with Gasteiger partial charge in [0.05, 0.1) is 0 Å². The van der Waals surface area contributed by atoms with Gasteiger partial charge in [0.25, 0.3) is 0 Å². The van der Waals surface area contributed by atoms with Gasteiger partial charge in [-0.2, -0.15) is 9.78 Å². The zero-order chi connectivity index (χ0) is 26.9. The molecule has 0 spiro atoms. The summed E-state index contributed by atoms with van der Waals surface area (Å²) in [7, 11) is 0. The lowest BCUT2D eigenvalue weighted by molar-refractivity contribution is -0.271. The molecule has 0 bridgehead atoms. The standard InChI is InChI=1S/C23H38N2O10/c1-16(2)19(26)34-32-12-10-30-21(28)24-9-8-18(5)14-23(6,7)15-25-22(29)31-11-13-33-35-20(27)17(3)4/h18H,1,3,8-15H2,2,4-7H3,(H,24,28)(H,25,29). The second-order valence-electron chi connectivity index (χ2n) is 8.76. The third kappa shape index (κ3) is 17.9. The second kappa shape index (κ2) is 17.3. The van der Waals surface area contributed by atoms with E-state index < -0.39 is 24.1 Å². The Morgan fingerprint density at radius 2 is 1.26 bits per heavy atom. The highest BCUT2D eigenvalue weighted by Gasteiger charge is 2.22. The van der Waals surface area contributed by atoms with Crippen molar-refractivity contribution in [1.29, 1.82) is 0 Å². The van der Waals surface area contributed by atoms with Crippen molar-refractivity contribution in [3.63, 3.8) is 0 Å². The van der Waals surface area contributed by atoms with Crippen molar-refractivity contribution >= 4 is 24.1 Å². The van der Waals surface area contributed by atoms with E-state index >= 15 is 0 Å². The average Bonchev–Trinajstić information content (AvgIpc) is 2.76. The van der Waals surface area contributed by atoms with Crippen LogP contribution >= 0.6 is 0 Å². The summed E-state index contributed by atoms with van der Waals surface area (Å²) in [5.41, 5.74) is 0.176. The molecule has 0 saturated heterocycles. The van der Waals surface area contributed by atoms with Crippen LogP contribution in [0.25, 0.3) is 0 Å². The largest absolute Gasteiger partial charge is 0.447 e. The van der Waals surface area contributed by atoms with Crippen LogP contribution in [0.15, 0.2) is 24.3 Å². The van der Waals surface area contributed by atoms with E-state index in [0.29, 0.717) is 19.5 Å². The van der Waals surface area contributed by atoms with Crippen LogP contribution in [-0.4, -0.2) is 63.6 Å². The van der Waals surface area contributed by atoms with E-state index in [9.17, 15) is 19.2 Å². The molecule has 0 radical (unpaired) electrons. The van der Waals surface area contributed by atoms with Gasteiger partial charge in [0.1, 0.15) is 26.4 Å². The van der Waals surface area contributed by atoms with Gasteiger partial charge in [-0.3, -0.25) is 9.78 Å². The number of carbonyl (C=O) groups excluding carboxylic acids is 4. The number of alkyl carbamates (subject to hydrolysis) is 2. The van der Waals surface area contributed by atoms with Crippen molar-refractivity contribution in [2.24, 2.45) is 11.3 Å². The van der Waals surface area contributed by atoms with Crippen LogP contribution in [0.1, 0.15) is 47.5 Å². The minimum Gasteiger partial charge on any atom is -0.447 e. The van der Waals surface area contributed by atoms with Gasteiger partial charge in [-0.15, -0.1) is 0 Å². The minimum atomic E-state index is -0.689. The summed E-state index contributed by atoms with van der Waals surface area (Å²) in [6.45, 7) is 16.3. The minimum absolute atomic E-state index is 0.0780. The highest BCUT2D eigenvalue weighted by atomic mass is 17.2. The molecule has 0 aromatic heterocycles. The lowest BCUT2D eigenvalue weighted by Crippen LogP contribution is -2.36. The zero-order valence-corrected chi connectivity index (χ0v) is 21.2. The first-order chi connectivity index (χ1) is 16.3. The highest BCUT2D eigenvalue weighted by Crippen LogP contribution is 2.26. The summed E-state index contributed by atoms with van der Waals surface area (Å²) in [4.78, 5) is 63.8. The van der Waals surface area contributed by atoms with Crippen LogP contribution in [0, 0.1) is 11.3 Å². The van der Waals surface area contributed by atoms with Gasteiger partial charge in [0, 0.05) is 24.2 Å². The molecule has 12 nitrogen and oxygen atoms in total. The smallest absolute Gasteiger partial charge is 0.407 e. The van der Waals surface area contributed by atoms with Crippen LogP contribution in [0.3, 0.4) is 0 Å². The van der Waals surface area contributed by atoms with Gasteiger partial charge < -0.3 is 20.1 Å². The number of ether oxygens (including phenoxy) is 2. The van der Waals surface area contributed by atoms with Gasteiger partial charge >= 0.3 is 24.1 Å². The third-order valence-electron chi connectivity index (χ3n) is 4.28. The Morgan fingerprint density at radius 1 is 0.800 bits per heavy atom.